The molecule has 0 atom stereocenters. The van der Waals surface area contributed by atoms with E-state index in [9.17, 15) is 4.79 Å². The quantitative estimate of drug-likeness (QED) is 0.693. The van der Waals surface area contributed by atoms with Crippen LogP contribution in [0.15, 0.2) is 40.9 Å². The number of benzene rings is 1. The fourth-order valence-electron chi connectivity index (χ4n) is 2.86. The molecule has 1 fully saturated rings. The molecule has 1 aliphatic rings. The molecule has 0 unspecified atom stereocenters. The van der Waals surface area contributed by atoms with Gasteiger partial charge in [0.15, 0.2) is 11.9 Å². The number of pyridine rings is 1. The summed E-state index contributed by atoms with van der Waals surface area (Å²) < 4.78 is 5.80. The zero-order chi connectivity index (χ0) is 14.9. The highest BCUT2D eigenvalue weighted by Crippen LogP contribution is 2.28. The van der Waals surface area contributed by atoms with Crippen LogP contribution >= 0.6 is 0 Å². The lowest BCUT2D eigenvalue weighted by Gasteiger charge is -2.16. The number of fused-ring (bicyclic) bond motifs is 1. The third-order valence-corrected chi connectivity index (χ3v) is 3.99. The minimum atomic E-state index is 0.373. The monoisotopic (exact) mass is 293 g/mol. The molecule has 0 spiro atoms. The smallest absolute Gasteiger partial charge is 0.227 e. The van der Waals surface area contributed by atoms with E-state index in [-0.39, 0.29) is 0 Å². The molecular formula is C17H15N3O2. The van der Waals surface area contributed by atoms with Crippen molar-refractivity contribution in [3.63, 3.8) is 0 Å². The highest BCUT2D eigenvalue weighted by Gasteiger charge is 2.15. The van der Waals surface area contributed by atoms with Gasteiger partial charge >= 0.3 is 0 Å². The highest BCUT2D eigenvalue weighted by atomic mass is 16.3. The summed E-state index contributed by atoms with van der Waals surface area (Å²) in [6, 6.07) is 9.57. The van der Waals surface area contributed by atoms with E-state index in [1.165, 1.54) is 18.5 Å². The molecule has 0 saturated carbocycles. The minimum absolute atomic E-state index is 0.373. The normalized spacial score (nSPS) is 14.6. The molecule has 2 aromatic heterocycles. The van der Waals surface area contributed by atoms with E-state index >= 15 is 0 Å². The number of hydrogen-bond acceptors (Lipinski definition) is 5. The number of oxazole rings is 1. The fraction of sp³-hybridized carbons (Fsp3) is 0.235. The number of rotatable bonds is 3. The number of carbonyl (C=O) groups excluding carboxylic acids is 1. The summed E-state index contributed by atoms with van der Waals surface area (Å²) in [4.78, 5) is 21.7. The molecule has 0 N–H and O–H groups in total. The Morgan fingerprint density at radius 2 is 2.00 bits per heavy atom. The molecule has 3 heterocycles. The van der Waals surface area contributed by atoms with Crippen molar-refractivity contribution in [2.75, 3.05) is 18.0 Å². The van der Waals surface area contributed by atoms with E-state index in [0.717, 1.165) is 36.0 Å². The van der Waals surface area contributed by atoms with Gasteiger partial charge in [-0.1, -0.05) is 0 Å². The SMILES string of the molecule is O=Cc1cc(-c2nc3cc(N4CCCC4)ccc3o2)ccn1. The Balaban J connectivity index is 1.74. The van der Waals surface area contributed by atoms with Crippen LogP contribution in [0, 0.1) is 0 Å². The van der Waals surface area contributed by atoms with Crippen LogP contribution in [0.1, 0.15) is 23.3 Å². The van der Waals surface area contributed by atoms with Gasteiger partial charge in [0.05, 0.1) is 0 Å². The van der Waals surface area contributed by atoms with Crippen LogP contribution in [-0.2, 0) is 0 Å². The molecule has 4 rings (SSSR count). The molecule has 22 heavy (non-hydrogen) atoms. The Morgan fingerprint density at radius 3 is 2.82 bits per heavy atom. The lowest BCUT2D eigenvalue weighted by molar-refractivity contribution is 0.111. The molecule has 0 radical (unpaired) electrons. The maximum atomic E-state index is 10.8. The average molecular weight is 293 g/mol. The Hall–Kier alpha value is -2.69. The first kappa shape index (κ1) is 13.0. The van der Waals surface area contributed by atoms with E-state index < -0.39 is 0 Å². The van der Waals surface area contributed by atoms with Gasteiger partial charge in [0.2, 0.25) is 5.89 Å². The molecule has 1 aromatic carbocycles. The van der Waals surface area contributed by atoms with Crippen molar-refractivity contribution in [2.45, 2.75) is 12.8 Å². The second-order valence-electron chi connectivity index (χ2n) is 5.45. The fourth-order valence-corrected chi connectivity index (χ4v) is 2.86. The Bertz CT molecular complexity index is 835. The van der Waals surface area contributed by atoms with Crippen LogP contribution in [0.4, 0.5) is 5.69 Å². The molecular weight excluding hydrogens is 278 g/mol. The van der Waals surface area contributed by atoms with Gasteiger partial charge in [0.1, 0.15) is 11.2 Å². The second kappa shape index (κ2) is 5.26. The molecule has 1 aliphatic heterocycles. The van der Waals surface area contributed by atoms with Crippen LogP contribution in [0.25, 0.3) is 22.6 Å². The third kappa shape index (κ3) is 2.24. The molecule has 5 nitrogen and oxygen atoms in total. The van der Waals surface area contributed by atoms with E-state index in [4.69, 9.17) is 4.42 Å². The maximum absolute atomic E-state index is 10.8. The average Bonchev–Trinajstić information content (AvgIpc) is 3.23. The zero-order valence-electron chi connectivity index (χ0n) is 12.0. The Labute approximate surface area is 127 Å². The first-order valence-corrected chi connectivity index (χ1v) is 7.41. The van der Waals surface area contributed by atoms with Gasteiger partial charge in [-0.15, -0.1) is 0 Å². The van der Waals surface area contributed by atoms with Crippen LogP contribution in [-0.4, -0.2) is 29.3 Å². The largest absolute Gasteiger partial charge is 0.436 e. The lowest BCUT2D eigenvalue weighted by atomic mass is 10.2. The van der Waals surface area contributed by atoms with Gasteiger partial charge in [-0.2, -0.15) is 0 Å². The van der Waals surface area contributed by atoms with Crippen molar-refractivity contribution in [1.82, 2.24) is 9.97 Å². The van der Waals surface area contributed by atoms with Crippen LogP contribution < -0.4 is 4.90 Å². The summed E-state index contributed by atoms with van der Waals surface area (Å²) >= 11 is 0. The number of anilines is 1. The summed E-state index contributed by atoms with van der Waals surface area (Å²) in [5, 5.41) is 0. The molecule has 0 bridgehead atoms. The molecule has 110 valence electrons. The van der Waals surface area contributed by atoms with Gasteiger partial charge in [-0.05, 0) is 43.2 Å². The molecule has 0 amide bonds. The maximum Gasteiger partial charge on any atom is 0.227 e. The first-order chi connectivity index (χ1) is 10.8. The van der Waals surface area contributed by atoms with Crippen LogP contribution in [0.2, 0.25) is 0 Å². The second-order valence-corrected chi connectivity index (χ2v) is 5.45. The summed E-state index contributed by atoms with van der Waals surface area (Å²) in [7, 11) is 0. The van der Waals surface area contributed by atoms with E-state index in [0.29, 0.717) is 11.6 Å². The highest BCUT2D eigenvalue weighted by molar-refractivity contribution is 5.81. The van der Waals surface area contributed by atoms with Crippen molar-refractivity contribution >= 4 is 23.1 Å². The van der Waals surface area contributed by atoms with Crippen molar-refractivity contribution < 1.29 is 9.21 Å². The lowest BCUT2D eigenvalue weighted by Crippen LogP contribution is -2.17. The van der Waals surface area contributed by atoms with E-state index in [2.05, 4.69) is 27.0 Å². The standard InChI is InChI=1S/C17H15N3O2/c21-11-13-9-12(5-6-18-13)17-19-15-10-14(3-4-16(15)22-17)20-7-1-2-8-20/h3-6,9-11H,1-2,7-8H2. The first-order valence-electron chi connectivity index (χ1n) is 7.41. The number of carbonyl (C=O) groups is 1. The van der Waals surface area contributed by atoms with E-state index in [1.54, 1.807) is 18.3 Å². The van der Waals surface area contributed by atoms with Gasteiger partial charge in [0, 0.05) is 30.5 Å². The van der Waals surface area contributed by atoms with Crippen molar-refractivity contribution in [1.29, 1.82) is 0 Å². The predicted octanol–water partition coefficient (Wildman–Crippen LogP) is 3.30. The van der Waals surface area contributed by atoms with Crippen molar-refractivity contribution in [2.24, 2.45) is 0 Å². The summed E-state index contributed by atoms with van der Waals surface area (Å²) in [5.41, 5.74) is 3.91. The van der Waals surface area contributed by atoms with Gasteiger partial charge in [0.25, 0.3) is 0 Å². The zero-order valence-corrected chi connectivity index (χ0v) is 12.0. The van der Waals surface area contributed by atoms with Gasteiger partial charge < -0.3 is 9.32 Å². The molecule has 0 aliphatic carbocycles. The number of hydrogen-bond donors (Lipinski definition) is 0. The van der Waals surface area contributed by atoms with Gasteiger partial charge in [-0.25, -0.2) is 4.98 Å². The number of aldehydes is 1. The van der Waals surface area contributed by atoms with Gasteiger partial charge in [-0.3, -0.25) is 9.78 Å². The Morgan fingerprint density at radius 1 is 1.14 bits per heavy atom. The van der Waals surface area contributed by atoms with Crippen LogP contribution in [0.5, 0.6) is 0 Å². The summed E-state index contributed by atoms with van der Waals surface area (Å²) in [6.07, 6.45) is 4.79. The van der Waals surface area contributed by atoms with Crippen LogP contribution in [0.3, 0.4) is 0 Å². The number of nitrogens with zero attached hydrogens (tertiary/aromatic N) is 3. The summed E-state index contributed by atoms with van der Waals surface area (Å²) in [6.45, 7) is 2.20. The number of aromatic nitrogens is 2. The predicted molar refractivity (Wildman–Crippen MR) is 84.1 cm³/mol. The summed E-state index contributed by atoms with van der Waals surface area (Å²) in [5.74, 6) is 0.513. The topological polar surface area (TPSA) is 59.2 Å². The Kier molecular flexibility index (Phi) is 3.11. The molecule has 1 saturated heterocycles. The van der Waals surface area contributed by atoms with E-state index in [1.807, 2.05) is 6.07 Å². The van der Waals surface area contributed by atoms with Crippen molar-refractivity contribution in [3.8, 4) is 11.5 Å². The third-order valence-electron chi connectivity index (χ3n) is 3.99. The molecule has 3 aromatic rings. The van der Waals surface area contributed by atoms with Crippen molar-refractivity contribution in [3.05, 3.63) is 42.2 Å². The molecule has 5 heteroatoms. The minimum Gasteiger partial charge on any atom is -0.436 e.